The van der Waals surface area contributed by atoms with Crippen molar-refractivity contribution in [3.63, 3.8) is 0 Å². The fourth-order valence-electron chi connectivity index (χ4n) is 2.25. The lowest BCUT2D eigenvalue weighted by Gasteiger charge is -2.24. The second kappa shape index (κ2) is 7.14. The first-order chi connectivity index (χ1) is 8.81. The van der Waals surface area contributed by atoms with Crippen LogP contribution in [0.4, 0.5) is 0 Å². The monoisotopic (exact) mass is 344 g/mol. The minimum Gasteiger partial charge on any atom is -0.314 e. The van der Waals surface area contributed by atoms with E-state index in [1.165, 1.54) is 38.1 Å². The lowest BCUT2D eigenvalue weighted by Crippen LogP contribution is -2.05. The number of halogens is 1. The summed E-state index contributed by atoms with van der Waals surface area (Å²) in [5, 5.41) is 0. The van der Waals surface area contributed by atoms with Crippen LogP contribution in [0.3, 0.4) is 0 Å². The molecule has 0 aliphatic carbocycles. The molecule has 1 aromatic rings. The van der Waals surface area contributed by atoms with Gasteiger partial charge >= 0.3 is 0 Å². The van der Waals surface area contributed by atoms with Gasteiger partial charge in [-0.05, 0) is 34.4 Å². The van der Waals surface area contributed by atoms with E-state index in [1.807, 2.05) is 0 Å². The van der Waals surface area contributed by atoms with Crippen molar-refractivity contribution in [2.45, 2.75) is 64.2 Å². The summed E-state index contributed by atoms with van der Waals surface area (Å²) in [6, 6.07) is 2.34. The van der Waals surface area contributed by atoms with Gasteiger partial charge in [0.1, 0.15) is 0 Å². The maximum atomic E-state index is 5.36. The van der Waals surface area contributed by atoms with Gasteiger partial charge in [-0.15, -0.1) is 0 Å². The van der Waals surface area contributed by atoms with Gasteiger partial charge in [-0.25, -0.2) is 0 Å². The molecule has 0 spiro atoms. The molecule has 0 aliphatic heterocycles. The fraction of sp³-hybridized carbons (Fsp3) is 0.625. The van der Waals surface area contributed by atoms with Crippen LogP contribution in [0.1, 0.15) is 76.0 Å². The van der Waals surface area contributed by atoms with Crippen LogP contribution in [0, 0.1) is 0 Å². The van der Waals surface area contributed by atoms with E-state index in [0.717, 1.165) is 0 Å². The standard InChI is InChI=1S/C16H25BrOS/c1-9(2)12-8-13(10(3)4)16(19-18-7)14(11(5)6)15(12)17/h8-11H,1-7H3. The molecule has 1 rings (SSSR count). The highest BCUT2D eigenvalue weighted by atomic mass is 79.9. The zero-order chi connectivity index (χ0) is 14.7. The molecule has 0 saturated heterocycles. The summed E-state index contributed by atoms with van der Waals surface area (Å²) < 4.78 is 6.61. The molecule has 0 saturated carbocycles. The third-order valence-corrected chi connectivity index (χ3v) is 4.97. The van der Waals surface area contributed by atoms with Crippen molar-refractivity contribution in [1.29, 1.82) is 0 Å². The number of hydrogen-bond acceptors (Lipinski definition) is 2. The highest BCUT2D eigenvalue weighted by Crippen LogP contribution is 2.43. The quantitative estimate of drug-likeness (QED) is 0.565. The predicted octanol–water partition coefficient (Wildman–Crippen LogP) is 6.47. The molecule has 108 valence electrons. The van der Waals surface area contributed by atoms with Crippen molar-refractivity contribution in [1.82, 2.24) is 0 Å². The van der Waals surface area contributed by atoms with E-state index >= 15 is 0 Å². The zero-order valence-electron chi connectivity index (χ0n) is 13.0. The third kappa shape index (κ3) is 3.77. The van der Waals surface area contributed by atoms with E-state index in [1.54, 1.807) is 7.11 Å². The van der Waals surface area contributed by atoms with Gasteiger partial charge in [-0.3, -0.25) is 0 Å². The Balaban J connectivity index is 3.62. The molecule has 1 nitrogen and oxygen atoms in total. The van der Waals surface area contributed by atoms with Gasteiger partial charge in [0.25, 0.3) is 0 Å². The van der Waals surface area contributed by atoms with Gasteiger partial charge in [0.05, 0.1) is 7.11 Å². The van der Waals surface area contributed by atoms with Crippen molar-refractivity contribution >= 4 is 28.0 Å². The Morgan fingerprint density at radius 2 is 1.47 bits per heavy atom. The molecule has 0 bridgehead atoms. The van der Waals surface area contributed by atoms with Crippen LogP contribution in [0.2, 0.25) is 0 Å². The van der Waals surface area contributed by atoms with Gasteiger partial charge in [0.2, 0.25) is 0 Å². The maximum absolute atomic E-state index is 5.36. The largest absolute Gasteiger partial charge is 0.314 e. The van der Waals surface area contributed by atoms with E-state index in [9.17, 15) is 0 Å². The lowest BCUT2D eigenvalue weighted by molar-refractivity contribution is 0.488. The molecule has 0 radical (unpaired) electrons. The predicted molar refractivity (Wildman–Crippen MR) is 89.3 cm³/mol. The summed E-state index contributed by atoms with van der Waals surface area (Å²) in [5.41, 5.74) is 4.16. The Hall–Kier alpha value is 0.01000. The molecule has 0 fully saturated rings. The summed E-state index contributed by atoms with van der Waals surface area (Å²) in [6.07, 6.45) is 0. The first-order valence-corrected chi connectivity index (χ1v) is 8.41. The van der Waals surface area contributed by atoms with Crippen molar-refractivity contribution in [2.24, 2.45) is 0 Å². The topological polar surface area (TPSA) is 9.23 Å². The summed E-state index contributed by atoms with van der Waals surface area (Å²) in [5.74, 6) is 1.50. The molecule has 0 N–H and O–H groups in total. The Morgan fingerprint density at radius 1 is 0.947 bits per heavy atom. The van der Waals surface area contributed by atoms with Crippen LogP contribution in [0.5, 0.6) is 0 Å². The normalized spacial score (nSPS) is 11.9. The summed E-state index contributed by atoms with van der Waals surface area (Å²) in [6.45, 7) is 13.5. The Morgan fingerprint density at radius 3 is 1.84 bits per heavy atom. The molecule has 1 aromatic carbocycles. The molecule has 19 heavy (non-hydrogen) atoms. The number of benzene rings is 1. The van der Waals surface area contributed by atoms with Crippen molar-refractivity contribution < 1.29 is 4.18 Å². The van der Waals surface area contributed by atoms with Crippen LogP contribution in [-0.4, -0.2) is 7.11 Å². The molecular formula is C16H25BrOS. The number of rotatable bonds is 5. The SMILES string of the molecule is COSc1c(C(C)C)cc(C(C)C)c(Br)c1C(C)C. The average Bonchev–Trinajstić information content (AvgIpc) is 2.27. The Labute approximate surface area is 130 Å². The summed E-state index contributed by atoms with van der Waals surface area (Å²) >= 11 is 5.31. The van der Waals surface area contributed by atoms with Gasteiger partial charge in [-0.1, -0.05) is 63.5 Å². The average molecular weight is 345 g/mol. The van der Waals surface area contributed by atoms with Crippen molar-refractivity contribution in [3.8, 4) is 0 Å². The van der Waals surface area contributed by atoms with Crippen LogP contribution in [0.25, 0.3) is 0 Å². The van der Waals surface area contributed by atoms with Crippen LogP contribution in [-0.2, 0) is 4.18 Å². The van der Waals surface area contributed by atoms with Crippen LogP contribution >= 0.6 is 28.0 Å². The molecule has 3 heteroatoms. The van der Waals surface area contributed by atoms with E-state index < -0.39 is 0 Å². The second-order valence-corrected chi connectivity index (χ2v) is 7.53. The van der Waals surface area contributed by atoms with E-state index in [2.05, 4.69) is 63.5 Å². The summed E-state index contributed by atoms with van der Waals surface area (Å²) in [4.78, 5) is 1.28. The highest BCUT2D eigenvalue weighted by molar-refractivity contribution is 9.10. The lowest BCUT2D eigenvalue weighted by atomic mass is 9.89. The molecule has 0 aromatic heterocycles. The van der Waals surface area contributed by atoms with E-state index in [0.29, 0.717) is 17.8 Å². The zero-order valence-corrected chi connectivity index (χ0v) is 15.4. The fourth-order valence-corrected chi connectivity index (χ4v) is 4.59. The van der Waals surface area contributed by atoms with Gasteiger partial charge < -0.3 is 4.18 Å². The molecule has 0 heterocycles. The third-order valence-electron chi connectivity index (χ3n) is 3.30. The molecular weight excluding hydrogens is 320 g/mol. The van der Waals surface area contributed by atoms with Crippen LogP contribution in [0.15, 0.2) is 15.4 Å². The van der Waals surface area contributed by atoms with Gasteiger partial charge in [0.15, 0.2) is 0 Å². The first-order valence-electron chi connectivity index (χ1n) is 6.88. The van der Waals surface area contributed by atoms with Crippen molar-refractivity contribution in [3.05, 3.63) is 27.2 Å². The second-order valence-electron chi connectivity index (χ2n) is 5.83. The smallest absolute Gasteiger partial charge is 0.0508 e. The highest BCUT2D eigenvalue weighted by Gasteiger charge is 2.22. The Kier molecular flexibility index (Phi) is 6.41. The molecule has 0 amide bonds. The first kappa shape index (κ1) is 17.1. The number of hydrogen-bond donors (Lipinski definition) is 0. The van der Waals surface area contributed by atoms with Crippen LogP contribution < -0.4 is 0 Å². The minimum atomic E-state index is 0.475. The Bertz CT molecular complexity index is 439. The van der Waals surface area contributed by atoms with Gasteiger partial charge in [0, 0.05) is 21.4 Å². The van der Waals surface area contributed by atoms with E-state index in [-0.39, 0.29) is 0 Å². The van der Waals surface area contributed by atoms with Crippen molar-refractivity contribution in [2.75, 3.05) is 7.11 Å². The minimum absolute atomic E-state index is 0.475. The summed E-state index contributed by atoms with van der Waals surface area (Å²) in [7, 11) is 1.74. The van der Waals surface area contributed by atoms with E-state index in [4.69, 9.17) is 4.18 Å². The molecule has 0 atom stereocenters. The molecule has 0 unspecified atom stereocenters. The van der Waals surface area contributed by atoms with Gasteiger partial charge in [-0.2, -0.15) is 0 Å². The maximum Gasteiger partial charge on any atom is 0.0508 e. The molecule has 0 aliphatic rings.